The molecule has 0 aromatic heterocycles. The molecule has 0 heterocycles. The second kappa shape index (κ2) is 6.51. The Morgan fingerprint density at radius 2 is 2.00 bits per heavy atom. The van der Waals surface area contributed by atoms with Gasteiger partial charge in [-0.1, -0.05) is 38.8 Å². The zero-order valence-electron chi connectivity index (χ0n) is 12.2. The fourth-order valence-corrected chi connectivity index (χ4v) is 3.25. The van der Waals surface area contributed by atoms with Gasteiger partial charge in [0, 0.05) is 6.54 Å². The second-order valence-corrected chi connectivity index (χ2v) is 6.54. The molecule has 1 nitrogen and oxygen atoms in total. The maximum Gasteiger partial charge on any atom is 0.123 e. The predicted molar refractivity (Wildman–Crippen MR) is 78.7 cm³/mol. The maximum atomic E-state index is 13.3. The van der Waals surface area contributed by atoms with Crippen molar-refractivity contribution in [2.24, 2.45) is 11.3 Å². The highest BCUT2D eigenvalue weighted by Gasteiger charge is 2.33. The van der Waals surface area contributed by atoms with Crippen molar-refractivity contribution in [1.29, 1.82) is 0 Å². The molecule has 1 aliphatic rings. The van der Waals surface area contributed by atoms with E-state index < -0.39 is 0 Å². The molecule has 0 amide bonds. The summed E-state index contributed by atoms with van der Waals surface area (Å²) in [5.41, 5.74) is 1.50. The molecule has 0 spiro atoms. The van der Waals surface area contributed by atoms with E-state index >= 15 is 0 Å². The van der Waals surface area contributed by atoms with E-state index in [4.69, 9.17) is 0 Å². The summed E-state index contributed by atoms with van der Waals surface area (Å²) in [6, 6.07) is 7.12. The van der Waals surface area contributed by atoms with Crippen LogP contribution in [0.4, 0.5) is 4.39 Å². The molecule has 0 saturated heterocycles. The molecule has 1 N–H and O–H groups in total. The van der Waals surface area contributed by atoms with Crippen molar-refractivity contribution in [3.05, 3.63) is 35.6 Å². The van der Waals surface area contributed by atoms with Crippen LogP contribution in [0.25, 0.3) is 0 Å². The van der Waals surface area contributed by atoms with Gasteiger partial charge < -0.3 is 5.32 Å². The average Bonchev–Trinajstić information content (AvgIpc) is 2.77. The lowest BCUT2D eigenvalue weighted by Crippen LogP contribution is -2.35. The van der Waals surface area contributed by atoms with Crippen molar-refractivity contribution < 1.29 is 4.39 Å². The summed E-state index contributed by atoms with van der Waals surface area (Å²) >= 11 is 0. The van der Waals surface area contributed by atoms with Gasteiger partial charge in [0.05, 0.1) is 0 Å². The molecule has 106 valence electrons. The monoisotopic (exact) mass is 263 g/mol. The van der Waals surface area contributed by atoms with Crippen LogP contribution < -0.4 is 5.32 Å². The number of hydrogen-bond donors (Lipinski definition) is 1. The van der Waals surface area contributed by atoms with Gasteiger partial charge in [0.25, 0.3) is 0 Å². The molecule has 1 aliphatic carbocycles. The Labute approximate surface area is 116 Å². The molecule has 19 heavy (non-hydrogen) atoms. The third-order valence-electron chi connectivity index (χ3n) is 4.18. The van der Waals surface area contributed by atoms with E-state index in [-0.39, 0.29) is 5.82 Å². The van der Waals surface area contributed by atoms with E-state index in [2.05, 4.69) is 25.2 Å². The number of benzene rings is 1. The number of nitrogens with one attached hydrogen (secondary N) is 1. The largest absolute Gasteiger partial charge is 0.316 e. The van der Waals surface area contributed by atoms with Gasteiger partial charge in [0.15, 0.2) is 0 Å². The highest BCUT2D eigenvalue weighted by Crippen LogP contribution is 2.40. The smallest absolute Gasteiger partial charge is 0.123 e. The highest BCUT2D eigenvalue weighted by atomic mass is 19.1. The van der Waals surface area contributed by atoms with Gasteiger partial charge in [-0.3, -0.25) is 0 Å². The van der Waals surface area contributed by atoms with Gasteiger partial charge in [-0.25, -0.2) is 4.39 Å². The first-order valence-corrected chi connectivity index (χ1v) is 7.55. The van der Waals surface area contributed by atoms with Crippen molar-refractivity contribution in [2.75, 3.05) is 13.1 Å². The van der Waals surface area contributed by atoms with Crippen molar-refractivity contribution >= 4 is 0 Å². The minimum Gasteiger partial charge on any atom is -0.316 e. The molecule has 0 bridgehead atoms. The van der Waals surface area contributed by atoms with Crippen LogP contribution in [-0.4, -0.2) is 13.1 Å². The van der Waals surface area contributed by atoms with Crippen molar-refractivity contribution in [1.82, 2.24) is 5.32 Å². The molecule has 0 unspecified atom stereocenters. The van der Waals surface area contributed by atoms with Crippen LogP contribution in [0.2, 0.25) is 0 Å². The molecule has 1 fully saturated rings. The Balaban J connectivity index is 1.99. The summed E-state index contributed by atoms with van der Waals surface area (Å²) in [5, 5.41) is 3.61. The van der Waals surface area contributed by atoms with Crippen LogP contribution in [-0.2, 0) is 6.42 Å². The molecule has 1 aromatic carbocycles. The summed E-state index contributed by atoms with van der Waals surface area (Å²) in [5.74, 6) is 0.577. The Kier molecular flexibility index (Phi) is 4.98. The van der Waals surface area contributed by atoms with Crippen LogP contribution in [0.1, 0.15) is 45.1 Å². The van der Waals surface area contributed by atoms with Gasteiger partial charge in [-0.2, -0.15) is 0 Å². The molecular weight excluding hydrogens is 237 g/mol. The number of halogens is 1. The summed E-state index contributed by atoms with van der Waals surface area (Å²) < 4.78 is 13.3. The summed E-state index contributed by atoms with van der Waals surface area (Å²) in [7, 11) is 0. The van der Waals surface area contributed by atoms with Crippen LogP contribution in [0.15, 0.2) is 24.3 Å². The van der Waals surface area contributed by atoms with Gasteiger partial charge in [-0.15, -0.1) is 0 Å². The molecule has 0 radical (unpaired) electrons. The fourth-order valence-electron chi connectivity index (χ4n) is 3.25. The first kappa shape index (κ1) is 14.5. The molecular formula is C17H26FN. The first-order chi connectivity index (χ1) is 9.10. The van der Waals surface area contributed by atoms with Crippen molar-refractivity contribution in [3.63, 3.8) is 0 Å². The van der Waals surface area contributed by atoms with Crippen molar-refractivity contribution in [3.8, 4) is 0 Å². The Morgan fingerprint density at radius 1 is 1.26 bits per heavy atom. The Hall–Kier alpha value is -0.890. The summed E-state index contributed by atoms with van der Waals surface area (Å²) in [6.45, 7) is 6.62. The molecule has 0 aliphatic heterocycles. The molecule has 0 atom stereocenters. The molecule has 1 aromatic rings. The Morgan fingerprint density at radius 3 is 2.63 bits per heavy atom. The van der Waals surface area contributed by atoms with Gasteiger partial charge in [-0.05, 0) is 54.8 Å². The van der Waals surface area contributed by atoms with E-state index in [1.807, 2.05) is 6.07 Å². The SMILES string of the molecule is CC(C)CNCC1(Cc2cccc(F)c2)CCCC1. The minimum absolute atomic E-state index is 0.110. The molecule has 2 heteroatoms. The zero-order valence-corrected chi connectivity index (χ0v) is 12.2. The quantitative estimate of drug-likeness (QED) is 0.812. The molecule has 1 saturated carbocycles. The van der Waals surface area contributed by atoms with E-state index in [0.717, 1.165) is 25.1 Å². The first-order valence-electron chi connectivity index (χ1n) is 7.55. The van der Waals surface area contributed by atoms with Gasteiger partial charge in [0.1, 0.15) is 5.82 Å². The van der Waals surface area contributed by atoms with E-state index in [9.17, 15) is 4.39 Å². The van der Waals surface area contributed by atoms with E-state index in [1.54, 1.807) is 6.07 Å². The van der Waals surface area contributed by atoms with Crippen LogP contribution >= 0.6 is 0 Å². The Bertz CT molecular complexity index is 394. The number of rotatable bonds is 6. The second-order valence-electron chi connectivity index (χ2n) is 6.54. The van der Waals surface area contributed by atoms with E-state index in [0.29, 0.717) is 11.3 Å². The predicted octanol–water partition coefficient (Wildman–Crippen LogP) is 4.17. The topological polar surface area (TPSA) is 12.0 Å². The van der Waals surface area contributed by atoms with Gasteiger partial charge in [0.2, 0.25) is 0 Å². The van der Waals surface area contributed by atoms with Gasteiger partial charge >= 0.3 is 0 Å². The van der Waals surface area contributed by atoms with Crippen molar-refractivity contribution in [2.45, 2.75) is 46.0 Å². The normalized spacial score (nSPS) is 18.1. The maximum absolute atomic E-state index is 13.3. The lowest BCUT2D eigenvalue weighted by molar-refractivity contribution is 0.273. The minimum atomic E-state index is -0.110. The van der Waals surface area contributed by atoms with Crippen LogP contribution in [0.5, 0.6) is 0 Å². The third-order valence-corrected chi connectivity index (χ3v) is 4.18. The number of hydrogen-bond acceptors (Lipinski definition) is 1. The lowest BCUT2D eigenvalue weighted by Gasteiger charge is -2.30. The standard InChI is InChI=1S/C17H26FN/c1-14(2)12-19-13-17(8-3-4-9-17)11-15-6-5-7-16(18)10-15/h5-7,10,14,19H,3-4,8-9,11-13H2,1-2H3. The van der Waals surface area contributed by atoms with Crippen LogP contribution in [0.3, 0.4) is 0 Å². The molecule has 2 rings (SSSR count). The summed E-state index contributed by atoms with van der Waals surface area (Å²) in [4.78, 5) is 0. The van der Waals surface area contributed by atoms with Crippen LogP contribution in [0, 0.1) is 17.2 Å². The lowest BCUT2D eigenvalue weighted by atomic mass is 9.80. The summed E-state index contributed by atoms with van der Waals surface area (Å²) in [6.07, 6.45) is 6.19. The highest BCUT2D eigenvalue weighted by molar-refractivity contribution is 5.18. The average molecular weight is 263 g/mol. The van der Waals surface area contributed by atoms with E-state index in [1.165, 1.54) is 31.7 Å². The fraction of sp³-hybridized carbons (Fsp3) is 0.647. The third kappa shape index (κ3) is 4.31. The zero-order chi connectivity index (χ0) is 13.7.